The van der Waals surface area contributed by atoms with Gasteiger partial charge in [0.25, 0.3) is 19.8 Å². The minimum atomic E-state index is -3.22. The van der Waals surface area contributed by atoms with Gasteiger partial charge in [0.2, 0.25) is 0 Å². The second-order valence-corrected chi connectivity index (χ2v) is 8.33. The molecule has 29 heavy (non-hydrogen) atoms. The van der Waals surface area contributed by atoms with Crippen LogP contribution in [0, 0.1) is 0 Å². The van der Waals surface area contributed by atoms with Crippen molar-refractivity contribution in [3.63, 3.8) is 0 Å². The molecule has 2 aliphatic rings. The number of carbonyl (C=O) groups is 2. The molecule has 10 heteroatoms. The number of aromatic nitrogens is 1. The molecule has 4 rings (SSSR count). The smallest absolute Gasteiger partial charge is 0.266 e. The number of hydrogen-bond acceptors (Lipinski definition) is 8. The fraction of sp³-hybridized carbons (Fsp3) is 0.316. The van der Waals surface area contributed by atoms with Crippen molar-refractivity contribution in [1.29, 1.82) is 0 Å². The van der Waals surface area contributed by atoms with E-state index in [0.29, 0.717) is 42.4 Å². The number of amides is 2. The van der Waals surface area contributed by atoms with E-state index in [4.69, 9.17) is 13.8 Å². The molecule has 0 saturated carbocycles. The van der Waals surface area contributed by atoms with Gasteiger partial charge < -0.3 is 23.8 Å². The zero-order valence-corrected chi connectivity index (χ0v) is 16.7. The summed E-state index contributed by atoms with van der Waals surface area (Å²) in [5, 5.41) is 12.2. The minimum absolute atomic E-state index is 0.291. The Morgan fingerprint density at radius 3 is 2.28 bits per heavy atom. The van der Waals surface area contributed by atoms with Crippen molar-refractivity contribution in [3.05, 3.63) is 59.4 Å². The lowest BCUT2D eigenvalue weighted by atomic mass is 10.1. The van der Waals surface area contributed by atoms with Gasteiger partial charge in [-0.15, -0.1) is 0 Å². The lowest BCUT2D eigenvalue weighted by Crippen LogP contribution is -2.19. The first-order valence-electron chi connectivity index (χ1n) is 9.06. The van der Waals surface area contributed by atoms with E-state index in [1.807, 2.05) is 6.92 Å². The maximum absolute atomic E-state index is 10.9. The van der Waals surface area contributed by atoms with Crippen LogP contribution in [0.1, 0.15) is 45.6 Å². The third-order valence-electron chi connectivity index (χ3n) is 4.08. The van der Waals surface area contributed by atoms with Gasteiger partial charge in [-0.1, -0.05) is 19.1 Å². The molecule has 0 bridgehead atoms. The van der Waals surface area contributed by atoms with E-state index in [9.17, 15) is 19.6 Å². The molecule has 9 nitrogen and oxygen atoms in total. The first-order valence-corrected chi connectivity index (χ1v) is 10.7. The van der Waals surface area contributed by atoms with Crippen LogP contribution in [0.15, 0.2) is 42.6 Å². The van der Waals surface area contributed by atoms with Crippen molar-refractivity contribution in [3.8, 4) is 5.75 Å². The third-order valence-corrected chi connectivity index (χ3v) is 6.07. The van der Waals surface area contributed by atoms with Crippen molar-refractivity contribution in [2.75, 3.05) is 19.8 Å². The summed E-state index contributed by atoms with van der Waals surface area (Å²) in [6.45, 7) is 3.21. The number of pyridine rings is 1. The van der Waals surface area contributed by atoms with Gasteiger partial charge in [0, 0.05) is 0 Å². The molecule has 2 aliphatic heterocycles. The molecule has 1 atom stereocenters. The van der Waals surface area contributed by atoms with E-state index in [-0.39, 0.29) is 11.8 Å². The Morgan fingerprint density at radius 1 is 1.14 bits per heavy atom. The zero-order valence-electron chi connectivity index (χ0n) is 15.8. The number of fused-ring (bicyclic) bond motifs is 1. The molecule has 1 unspecified atom stereocenters. The van der Waals surface area contributed by atoms with Crippen LogP contribution in [-0.2, 0) is 9.05 Å². The first-order chi connectivity index (χ1) is 13.9. The zero-order chi connectivity index (χ0) is 20.9. The molecule has 1 radical (unpaired) electrons. The van der Waals surface area contributed by atoms with Crippen molar-refractivity contribution >= 4 is 19.8 Å². The monoisotopic (exact) mass is 421 g/mol. The largest absolute Gasteiger partial charge is 0.492 e. The van der Waals surface area contributed by atoms with Gasteiger partial charge in [-0.25, -0.2) is 0 Å². The standard InChI is InChI=1S/C11H17NO5P.C8H5NO2/c1-2-5-15-9-3-4-10(12-8-9)11(13)18(14)16-6-7-17-18;10-7-5-3-1-2-4-6(5)8(11)9-7/h3-4,8,11,13-14H,2,5-7H2,1H3;1-4H,(H,9,10,11). The molecular formula is C19H22N2O7P. The van der Waals surface area contributed by atoms with Crippen LogP contribution in [0.3, 0.4) is 0 Å². The number of aliphatic hydroxyl groups excluding tert-OH is 1. The first kappa shape index (κ1) is 21.3. The number of imide groups is 1. The molecule has 1 aromatic heterocycles. The fourth-order valence-electron chi connectivity index (χ4n) is 2.65. The highest BCUT2D eigenvalue weighted by Crippen LogP contribution is 2.69. The number of carbonyl (C=O) groups excluding carboxylic acids is 2. The lowest BCUT2D eigenvalue weighted by Gasteiger charge is -2.26. The lowest BCUT2D eigenvalue weighted by molar-refractivity contribution is 0.0879. The van der Waals surface area contributed by atoms with Crippen molar-refractivity contribution < 1.29 is 33.4 Å². The molecule has 3 N–H and O–H groups in total. The molecule has 155 valence electrons. The molecule has 1 fully saturated rings. The van der Waals surface area contributed by atoms with Gasteiger partial charge in [-0.05, 0) is 30.7 Å². The number of aliphatic hydroxyl groups is 1. The summed E-state index contributed by atoms with van der Waals surface area (Å²) in [6.07, 6.45) is 2.42. The average molecular weight is 421 g/mol. The average Bonchev–Trinajstić information content (AvgIpc) is 3.31. The molecule has 1 saturated heterocycles. The van der Waals surface area contributed by atoms with Crippen LogP contribution in [-0.4, -0.2) is 46.6 Å². The summed E-state index contributed by atoms with van der Waals surface area (Å²) in [4.78, 5) is 35.9. The summed E-state index contributed by atoms with van der Waals surface area (Å²) < 4.78 is 15.5. The topological polar surface area (TPSA) is 127 Å². The van der Waals surface area contributed by atoms with Crippen molar-refractivity contribution in [1.82, 2.24) is 10.3 Å². The van der Waals surface area contributed by atoms with Gasteiger partial charge in [0.15, 0.2) is 5.85 Å². The summed E-state index contributed by atoms with van der Waals surface area (Å²) >= 11 is 0. The molecule has 2 amide bonds. The number of nitrogens with zero attached hydrogens (tertiary/aromatic N) is 1. The van der Waals surface area contributed by atoms with Crippen LogP contribution < -0.4 is 10.1 Å². The predicted molar refractivity (Wildman–Crippen MR) is 104 cm³/mol. The van der Waals surface area contributed by atoms with Gasteiger partial charge in [0.1, 0.15) is 5.75 Å². The van der Waals surface area contributed by atoms with Crippen LogP contribution in [0.5, 0.6) is 5.75 Å². The van der Waals surface area contributed by atoms with Gasteiger partial charge in [-0.2, -0.15) is 0 Å². The van der Waals surface area contributed by atoms with E-state index >= 15 is 0 Å². The summed E-state index contributed by atoms with van der Waals surface area (Å²) in [7, 11) is -3.22. The SMILES string of the molecule is CCCOc1ccc(C(O)[P]2(O)OCCO2)nc1.O=C1NC(=O)c2ccccc21. The highest BCUT2D eigenvalue weighted by Gasteiger charge is 2.42. The quantitative estimate of drug-likeness (QED) is 0.496. The summed E-state index contributed by atoms with van der Waals surface area (Å²) in [6, 6.07) is 10.0. The van der Waals surface area contributed by atoms with E-state index in [1.54, 1.807) is 36.4 Å². The fourth-order valence-corrected chi connectivity index (χ4v) is 4.16. The van der Waals surface area contributed by atoms with Gasteiger partial charge in [-0.3, -0.25) is 19.9 Å². The Morgan fingerprint density at radius 2 is 1.76 bits per heavy atom. The van der Waals surface area contributed by atoms with Crippen molar-refractivity contribution in [2.24, 2.45) is 0 Å². The van der Waals surface area contributed by atoms with E-state index in [0.717, 1.165) is 6.42 Å². The molecular weight excluding hydrogens is 399 g/mol. The van der Waals surface area contributed by atoms with E-state index in [1.165, 1.54) is 6.20 Å². The van der Waals surface area contributed by atoms with Gasteiger partial charge >= 0.3 is 0 Å². The Kier molecular flexibility index (Phi) is 6.89. The second-order valence-electron chi connectivity index (χ2n) is 6.20. The van der Waals surface area contributed by atoms with E-state index < -0.39 is 13.8 Å². The number of ether oxygens (including phenoxy) is 1. The number of hydrogen-bond donors (Lipinski definition) is 3. The molecule has 0 spiro atoms. The van der Waals surface area contributed by atoms with E-state index in [2.05, 4.69) is 10.3 Å². The second kappa shape index (κ2) is 9.39. The van der Waals surface area contributed by atoms with Crippen molar-refractivity contribution in [2.45, 2.75) is 19.2 Å². The minimum Gasteiger partial charge on any atom is -0.492 e. The molecule has 1 aromatic carbocycles. The third kappa shape index (κ3) is 4.95. The summed E-state index contributed by atoms with van der Waals surface area (Å²) in [5.74, 6) is -1.21. The highest BCUT2D eigenvalue weighted by molar-refractivity contribution is 7.60. The van der Waals surface area contributed by atoms with Gasteiger partial charge in [0.05, 0.1) is 42.8 Å². The normalized spacial score (nSPS) is 17.8. The maximum atomic E-state index is 10.9. The van der Waals surface area contributed by atoms with Crippen LogP contribution in [0.25, 0.3) is 0 Å². The maximum Gasteiger partial charge on any atom is 0.266 e. The predicted octanol–water partition coefficient (Wildman–Crippen LogP) is 2.23. The molecule has 0 aliphatic carbocycles. The van der Waals surface area contributed by atoms with Crippen LogP contribution in [0.2, 0.25) is 0 Å². The van der Waals surface area contributed by atoms with Crippen LogP contribution in [0.4, 0.5) is 0 Å². The number of benzene rings is 1. The highest BCUT2D eigenvalue weighted by atomic mass is 31.2. The Hall–Kier alpha value is -2.42. The Labute approximate surface area is 168 Å². The Balaban J connectivity index is 0.000000186. The molecule has 3 heterocycles. The van der Waals surface area contributed by atoms with Crippen LogP contribution >= 0.6 is 7.94 Å². The number of rotatable bonds is 5. The summed E-state index contributed by atoms with van der Waals surface area (Å²) in [5.41, 5.74) is 1.26. The molecule has 2 aromatic rings. The Bertz CT molecular complexity index is 836. The number of nitrogens with one attached hydrogen (secondary N) is 1.